The summed E-state index contributed by atoms with van der Waals surface area (Å²) in [6.45, 7) is 6.55. The molecule has 0 saturated carbocycles. The third kappa shape index (κ3) is 6.36. The molecule has 0 atom stereocenters. The summed E-state index contributed by atoms with van der Waals surface area (Å²) in [6.07, 6.45) is 0. The molecule has 0 unspecified atom stereocenters. The van der Waals surface area contributed by atoms with E-state index in [1.807, 2.05) is 0 Å². The van der Waals surface area contributed by atoms with Gasteiger partial charge < -0.3 is 21.2 Å². The molecule has 35 heavy (non-hydrogen) atoms. The van der Waals surface area contributed by atoms with Gasteiger partial charge in [-0.2, -0.15) is 16.8 Å². The second-order valence-electron chi connectivity index (χ2n) is 7.56. The number of nitrogens with zero attached hydrogens (tertiary/aromatic N) is 4. The van der Waals surface area contributed by atoms with Gasteiger partial charge in [-0.05, 0) is 51.6 Å². The zero-order valence-electron chi connectivity index (χ0n) is 19.5. The molecule has 12 nitrogen and oxygen atoms in total. The summed E-state index contributed by atoms with van der Waals surface area (Å²) in [5.74, 6) is -1.03. The normalized spacial score (nSPS) is 16.6. The van der Waals surface area contributed by atoms with E-state index in [0.29, 0.717) is 10.4 Å². The van der Waals surface area contributed by atoms with Crippen molar-refractivity contribution in [3.63, 3.8) is 0 Å². The fraction of sp³-hybridized carbons (Fsp3) is 0.300. The van der Waals surface area contributed by atoms with E-state index in [1.165, 1.54) is 12.1 Å². The number of fused-ring (bicyclic) bond motifs is 2. The van der Waals surface area contributed by atoms with Gasteiger partial charge in [-0.3, -0.25) is 8.61 Å². The standard InChI is InChI=1S/2C10H12N2O3S.2H2O.Zn/c2*1-7(2)12-10(13)8-5-3-4-6-9(8)11-16(12,14)15;;;/h2*3-7,13H,1-2H3;2*1H2;/q;;;;+2/p-2. The zero-order valence-corrected chi connectivity index (χ0v) is 24.1. The van der Waals surface area contributed by atoms with Gasteiger partial charge in [-0.25, -0.2) is 0 Å². The van der Waals surface area contributed by atoms with Crippen LogP contribution in [0.2, 0.25) is 0 Å². The van der Waals surface area contributed by atoms with E-state index in [2.05, 4.69) is 8.80 Å². The molecular weight excluding hydrogens is 554 g/mol. The summed E-state index contributed by atoms with van der Waals surface area (Å²) in [4.78, 5) is 0. The maximum absolute atomic E-state index is 12.0. The molecule has 2 heterocycles. The molecule has 0 aromatic heterocycles. The van der Waals surface area contributed by atoms with Crippen molar-refractivity contribution in [3.05, 3.63) is 69.7 Å². The van der Waals surface area contributed by atoms with Gasteiger partial charge >= 0.3 is 39.9 Å². The smallest absolute Gasteiger partial charge is 0.859 e. The molecule has 0 radical (unpaired) electrons. The molecule has 0 amide bonds. The van der Waals surface area contributed by atoms with Gasteiger partial charge in [0.1, 0.15) is 0 Å². The van der Waals surface area contributed by atoms with Gasteiger partial charge in [-0.15, -0.1) is 8.80 Å². The molecular formula is C20H26N4O8S2Zn. The van der Waals surface area contributed by atoms with Crippen LogP contribution in [0.3, 0.4) is 0 Å². The molecule has 2 aliphatic rings. The molecule has 2 aromatic carbocycles. The van der Waals surface area contributed by atoms with Crippen molar-refractivity contribution in [1.82, 2.24) is 8.61 Å². The van der Waals surface area contributed by atoms with Gasteiger partial charge in [0.15, 0.2) is 0 Å². The summed E-state index contributed by atoms with van der Waals surface area (Å²) in [5, 5.41) is 25.0. The van der Waals surface area contributed by atoms with Crippen molar-refractivity contribution < 1.29 is 57.5 Å². The Hall–Kier alpha value is -2.58. The monoisotopic (exact) mass is 578 g/mol. The van der Waals surface area contributed by atoms with Crippen LogP contribution < -0.4 is 31.4 Å². The Bertz CT molecular complexity index is 1400. The summed E-state index contributed by atoms with van der Waals surface area (Å²) in [5.41, 5.74) is 0. The third-order valence-corrected chi connectivity index (χ3v) is 7.56. The Morgan fingerprint density at radius 3 is 1.23 bits per heavy atom. The van der Waals surface area contributed by atoms with Crippen LogP contribution in [0.25, 0.3) is 11.8 Å². The fourth-order valence-electron chi connectivity index (χ4n) is 3.25. The Labute approximate surface area is 216 Å². The van der Waals surface area contributed by atoms with E-state index >= 15 is 0 Å². The van der Waals surface area contributed by atoms with Crippen LogP contribution in [0.15, 0.2) is 57.3 Å². The molecule has 2 aliphatic heterocycles. The predicted molar refractivity (Wildman–Crippen MR) is 120 cm³/mol. The van der Waals surface area contributed by atoms with E-state index < -0.39 is 44.3 Å². The molecule has 4 N–H and O–H groups in total. The zero-order chi connectivity index (χ0) is 23.8. The minimum absolute atomic E-state index is 0. The minimum Gasteiger partial charge on any atom is -0.859 e. The van der Waals surface area contributed by atoms with Crippen LogP contribution in [-0.2, 0) is 39.9 Å². The van der Waals surface area contributed by atoms with Crippen LogP contribution >= 0.6 is 0 Å². The topological polar surface area (TPSA) is 209 Å². The van der Waals surface area contributed by atoms with Crippen LogP contribution in [0.1, 0.15) is 27.7 Å². The summed E-state index contributed by atoms with van der Waals surface area (Å²) < 4.78 is 55.8. The van der Waals surface area contributed by atoms with E-state index in [1.54, 1.807) is 64.1 Å². The van der Waals surface area contributed by atoms with Gasteiger partial charge in [0.25, 0.3) is 0 Å². The largest absolute Gasteiger partial charge is 2.00 e. The summed E-state index contributed by atoms with van der Waals surface area (Å²) in [6, 6.07) is 12.0. The van der Waals surface area contributed by atoms with Crippen LogP contribution in [0.4, 0.5) is 0 Å². The summed E-state index contributed by atoms with van der Waals surface area (Å²) in [7, 11) is -7.75. The molecule has 0 fully saturated rings. The Morgan fingerprint density at radius 2 is 0.943 bits per heavy atom. The molecule has 15 heteroatoms. The van der Waals surface area contributed by atoms with Gasteiger partial charge in [-0.1, -0.05) is 36.4 Å². The Kier molecular flexibility index (Phi) is 11.0. The maximum atomic E-state index is 12.0. The first-order valence-corrected chi connectivity index (χ1v) is 12.5. The Balaban J connectivity index is 0.000000608. The van der Waals surface area contributed by atoms with Crippen LogP contribution in [0.5, 0.6) is 0 Å². The van der Waals surface area contributed by atoms with Crippen molar-refractivity contribution in [3.8, 4) is 0 Å². The SMILES string of the molecule is CC(C)N1C([O-])=c2ccccc2=NS1(=O)=O.CC(C)N1C([O-])=c2ccccc2=NS1(=O)=O.O.O.[Zn+2]. The van der Waals surface area contributed by atoms with Crippen molar-refractivity contribution in [2.45, 2.75) is 39.8 Å². The van der Waals surface area contributed by atoms with Crippen LogP contribution in [0, 0.1) is 0 Å². The van der Waals surface area contributed by atoms with E-state index in [9.17, 15) is 27.0 Å². The average molecular weight is 580 g/mol. The quantitative estimate of drug-likeness (QED) is 0.321. The van der Waals surface area contributed by atoms with Gasteiger partial charge in [0.2, 0.25) is 0 Å². The van der Waals surface area contributed by atoms with Crippen molar-refractivity contribution in [2.75, 3.05) is 0 Å². The molecule has 188 valence electrons. The van der Waals surface area contributed by atoms with Crippen molar-refractivity contribution in [2.24, 2.45) is 8.80 Å². The maximum Gasteiger partial charge on any atom is 2.00 e. The molecule has 0 spiro atoms. The van der Waals surface area contributed by atoms with Crippen molar-refractivity contribution in [1.29, 1.82) is 0 Å². The molecule has 0 aliphatic carbocycles. The van der Waals surface area contributed by atoms with E-state index in [4.69, 9.17) is 0 Å². The third-order valence-electron chi connectivity index (χ3n) is 4.53. The van der Waals surface area contributed by atoms with Crippen molar-refractivity contribution >= 4 is 32.2 Å². The first-order chi connectivity index (χ1) is 14.9. The number of hydrogen-bond donors (Lipinski definition) is 0. The molecule has 0 bridgehead atoms. The predicted octanol–water partition coefficient (Wildman–Crippen LogP) is -4.25. The molecule has 2 aromatic rings. The summed E-state index contributed by atoms with van der Waals surface area (Å²) >= 11 is 0. The molecule has 0 saturated heterocycles. The first-order valence-electron chi connectivity index (χ1n) is 9.68. The number of hydrogen-bond acceptors (Lipinski definition) is 6. The average Bonchev–Trinajstić information content (AvgIpc) is 2.66. The van der Waals surface area contributed by atoms with E-state index in [0.717, 1.165) is 8.61 Å². The second-order valence-corrected chi connectivity index (χ2v) is 10.5. The van der Waals surface area contributed by atoms with Gasteiger partial charge in [0, 0.05) is 22.5 Å². The minimum atomic E-state index is -3.88. The van der Waals surface area contributed by atoms with Crippen LogP contribution in [-0.4, -0.2) is 48.5 Å². The van der Waals surface area contributed by atoms with E-state index in [-0.39, 0.29) is 41.1 Å². The first kappa shape index (κ1) is 32.4. The Morgan fingerprint density at radius 1 is 0.657 bits per heavy atom. The molecule has 4 rings (SSSR count). The second kappa shape index (κ2) is 11.9. The fourth-order valence-corrected chi connectivity index (χ4v) is 5.93. The number of rotatable bonds is 2. The number of benzene rings is 2. The van der Waals surface area contributed by atoms with Gasteiger partial charge in [0.05, 0.1) is 10.7 Å².